The van der Waals surface area contributed by atoms with Gasteiger partial charge in [-0.25, -0.2) is 4.79 Å². The van der Waals surface area contributed by atoms with Gasteiger partial charge in [0.1, 0.15) is 5.54 Å². The number of amides is 4. The summed E-state index contributed by atoms with van der Waals surface area (Å²) in [5.74, 6) is -0.0543. The molecule has 0 spiro atoms. The second-order valence-corrected chi connectivity index (χ2v) is 6.67. The van der Waals surface area contributed by atoms with Crippen LogP contribution >= 0.6 is 11.6 Å². The number of halogens is 1. The highest BCUT2D eigenvalue weighted by molar-refractivity contribution is 6.32. The van der Waals surface area contributed by atoms with Crippen LogP contribution < -0.4 is 25.4 Å². The van der Waals surface area contributed by atoms with E-state index in [0.29, 0.717) is 28.3 Å². The van der Waals surface area contributed by atoms with E-state index in [-0.39, 0.29) is 11.8 Å². The van der Waals surface area contributed by atoms with Crippen molar-refractivity contribution >= 4 is 35.1 Å². The predicted molar refractivity (Wildman–Crippen MR) is 96.0 cm³/mol. The average molecular weight is 388 g/mol. The molecule has 2 aromatic carbocycles. The largest absolute Gasteiger partial charge is 0.454 e. The van der Waals surface area contributed by atoms with E-state index in [4.69, 9.17) is 21.1 Å². The molecule has 2 aromatic rings. The van der Waals surface area contributed by atoms with Crippen LogP contribution in [0.4, 0.5) is 10.5 Å². The quantitative estimate of drug-likeness (QED) is 0.701. The highest BCUT2D eigenvalue weighted by Gasteiger charge is 2.43. The number of fused-ring (bicyclic) bond motifs is 1. The second kappa shape index (κ2) is 6.17. The molecule has 4 amide bonds. The predicted octanol–water partition coefficient (Wildman–Crippen LogP) is 2.38. The van der Waals surface area contributed by atoms with E-state index in [1.54, 1.807) is 37.3 Å². The highest BCUT2D eigenvalue weighted by Crippen LogP contribution is 2.40. The first-order valence-electron chi connectivity index (χ1n) is 8.01. The van der Waals surface area contributed by atoms with E-state index in [1.165, 1.54) is 6.07 Å². The SMILES string of the molecule is C[C@]1(c2cccc(NC(=O)c3cc(Cl)c4c(c3)OCO4)c2)NC(=O)NC1=O. The van der Waals surface area contributed by atoms with Gasteiger partial charge < -0.3 is 20.1 Å². The summed E-state index contributed by atoms with van der Waals surface area (Å²) in [6, 6.07) is 9.14. The number of hydrogen-bond acceptors (Lipinski definition) is 5. The Morgan fingerprint density at radius 3 is 2.78 bits per heavy atom. The number of rotatable bonds is 3. The molecule has 27 heavy (non-hydrogen) atoms. The summed E-state index contributed by atoms with van der Waals surface area (Å²) in [5.41, 5.74) is 0.0847. The van der Waals surface area contributed by atoms with Gasteiger partial charge in [-0.3, -0.25) is 14.9 Å². The first kappa shape index (κ1) is 17.2. The molecule has 0 bridgehead atoms. The average Bonchev–Trinajstić information content (AvgIpc) is 3.20. The van der Waals surface area contributed by atoms with Gasteiger partial charge in [-0.15, -0.1) is 0 Å². The van der Waals surface area contributed by atoms with Crippen LogP contribution in [0.5, 0.6) is 11.5 Å². The van der Waals surface area contributed by atoms with Crippen molar-refractivity contribution in [3.05, 3.63) is 52.5 Å². The highest BCUT2D eigenvalue weighted by atomic mass is 35.5. The number of benzene rings is 2. The van der Waals surface area contributed by atoms with Crippen LogP contribution in [0, 0.1) is 0 Å². The van der Waals surface area contributed by atoms with Crippen molar-refractivity contribution in [3.63, 3.8) is 0 Å². The van der Waals surface area contributed by atoms with Crippen molar-refractivity contribution in [3.8, 4) is 11.5 Å². The number of urea groups is 1. The topological polar surface area (TPSA) is 106 Å². The first-order chi connectivity index (χ1) is 12.9. The van der Waals surface area contributed by atoms with Crippen LogP contribution in [0.3, 0.4) is 0 Å². The third-order valence-electron chi connectivity index (χ3n) is 4.43. The minimum atomic E-state index is -1.21. The molecule has 2 aliphatic heterocycles. The molecule has 0 aliphatic carbocycles. The van der Waals surface area contributed by atoms with Crippen LogP contribution in [-0.4, -0.2) is 24.6 Å². The van der Waals surface area contributed by atoms with Crippen LogP contribution in [0.25, 0.3) is 0 Å². The van der Waals surface area contributed by atoms with Crippen LogP contribution in [-0.2, 0) is 10.3 Å². The standard InChI is InChI=1S/C18H14ClN3O5/c1-18(16(24)21-17(25)22-18)10-3-2-4-11(7-10)20-15(23)9-5-12(19)14-13(6-9)26-8-27-14/h2-7H,8H2,1H3,(H,20,23)(H2,21,22,24,25)/t18-/m1/s1. The van der Waals surface area contributed by atoms with Crippen molar-refractivity contribution in [2.45, 2.75) is 12.5 Å². The fourth-order valence-electron chi connectivity index (χ4n) is 2.96. The summed E-state index contributed by atoms with van der Waals surface area (Å²) in [5, 5.41) is 7.81. The normalized spacial score (nSPS) is 20.2. The van der Waals surface area contributed by atoms with Gasteiger partial charge in [0.15, 0.2) is 11.5 Å². The maximum absolute atomic E-state index is 12.6. The lowest BCUT2D eigenvalue weighted by atomic mass is 9.92. The van der Waals surface area contributed by atoms with Crippen LogP contribution in [0.15, 0.2) is 36.4 Å². The molecule has 0 radical (unpaired) electrons. The van der Waals surface area contributed by atoms with E-state index < -0.39 is 23.4 Å². The van der Waals surface area contributed by atoms with Crippen molar-refractivity contribution in [2.75, 3.05) is 12.1 Å². The first-order valence-corrected chi connectivity index (χ1v) is 8.39. The van der Waals surface area contributed by atoms with Gasteiger partial charge in [0.2, 0.25) is 6.79 Å². The van der Waals surface area contributed by atoms with E-state index >= 15 is 0 Å². The van der Waals surface area contributed by atoms with Crippen molar-refractivity contribution in [1.82, 2.24) is 10.6 Å². The summed E-state index contributed by atoms with van der Waals surface area (Å²) >= 11 is 6.11. The van der Waals surface area contributed by atoms with Gasteiger partial charge in [-0.2, -0.15) is 0 Å². The Morgan fingerprint density at radius 1 is 1.22 bits per heavy atom. The minimum absolute atomic E-state index is 0.0501. The van der Waals surface area contributed by atoms with E-state index in [0.717, 1.165) is 0 Å². The molecule has 1 atom stereocenters. The van der Waals surface area contributed by atoms with Gasteiger partial charge in [-0.1, -0.05) is 23.7 Å². The number of carbonyl (C=O) groups excluding carboxylic acids is 3. The molecule has 0 aromatic heterocycles. The third-order valence-corrected chi connectivity index (χ3v) is 4.71. The van der Waals surface area contributed by atoms with Gasteiger partial charge in [0.25, 0.3) is 11.8 Å². The number of anilines is 1. The monoisotopic (exact) mass is 387 g/mol. The molecule has 138 valence electrons. The Bertz CT molecular complexity index is 993. The molecule has 9 heteroatoms. The van der Waals surface area contributed by atoms with E-state index in [9.17, 15) is 14.4 Å². The number of nitrogens with one attached hydrogen (secondary N) is 3. The van der Waals surface area contributed by atoms with Crippen molar-refractivity contribution in [2.24, 2.45) is 0 Å². The molecule has 1 fully saturated rings. The zero-order chi connectivity index (χ0) is 19.2. The lowest BCUT2D eigenvalue weighted by Gasteiger charge is -2.21. The fraction of sp³-hybridized carbons (Fsp3) is 0.167. The number of ether oxygens (including phenoxy) is 2. The summed E-state index contributed by atoms with van der Waals surface area (Å²) in [6.45, 7) is 1.64. The molecular weight excluding hydrogens is 374 g/mol. The van der Waals surface area contributed by atoms with Crippen molar-refractivity contribution < 1.29 is 23.9 Å². The van der Waals surface area contributed by atoms with E-state index in [2.05, 4.69) is 16.0 Å². The molecule has 2 aliphatic rings. The zero-order valence-electron chi connectivity index (χ0n) is 14.1. The zero-order valence-corrected chi connectivity index (χ0v) is 14.8. The molecule has 2 heterocycles. The Labute approximate surface area is 158 Å². The molecular formula is C18H14ClN3O5. The molecule has 0 saturated carbocycles. The molecule has 8 nitrogen and oxygen atoms in total. The van der Waals surface area contributed by atoms with Gasteiger partial charge in [0.05, 0.1) is 5.02 Å². The third kappa shape index (κ3) is 2.93. The summed E-state index contributed by atoms with van der Waals surface area (Å²) in [7, 11) is 0. The second-order valence-electron chi connectivity index (χ2n) is 6.26. The Kier molecular flexibility index (Phi) is 3.92. The Morgan fingerprint density at radius 2 is 2.04 bits per heavy atom. The maximum Gasteiger partial charge on any atom is 0.322 e. The number of hydrogen-bond donors (Lipinski definition) is 3. The fourth-order valence-corrected chi connectivity index (χ4v) is 3.22. The lowest BCUT2D eigenvalue weighted by molar-refractivity contribution is -0.123. The lowest BCUT2D eigenvalue weighted by Crippen LogP contribution is -2.40. The van der Waals surface area contributed by atoms with Gasteiger partial charge in [0, 0.05) is 11.3 Å². The van der Waals surface area contributed by atoms with Gasteiger partial charge in [-0.05, 0) is 36.8 Å². The molecule has 1 saturated heterocycles. The Hall–Kier alpha value is -3.26. The summed E-state index contributed by atoms with van der Waals surface area (Å²) < 4.78 is 10.5. The molecule has 0 unspecified atom stereocenters. The number of imide groups is 1. The molecule has 3 N–H and O–H groups in total. The van der Waals surface area contributed by atoms with E-state index in [1.807, 2.05) is 0 Å². The maximum atomic E-state index is 12.6. The van der Waals surface area contributed by atoms with Gasteiger partial charge >= 0.3 is 6.03 Å². The Balaban J connectivity index is 1.59. The number of carbonyl (C=O) groups is 3. The molecule has 4 rings (SSSR count). The van der Waals surface area contributed by atoms with Crippen LogP contribution in [0.2, 0.25) is 5.02 Å². The minimum Gasteiger partial charge on any atom is -0.454 e. The summed E-state index contributed by atoms with van der Waals surface area (Å²) in [6.07, 6.45) is 0. The van der Waals surface area contributed by atoms with Crippen molar-refractivity contribution in [1.29, 1.82) is 0 Å². The summed E-state index contributed by atoms with van der Waals surface area (Å²) in [4.78, 5) is 36.1. The smallest absolute Gasteiger partial charge is 0.322 e. The van der Waals surface area contributed by atoms with Crippen LogP contribution in [0.1, 0.15) is 22.8 Å².